The smallest absolute Gasteiger partial charge is 0.258 e. The van der Waals surface area contributed by atoms with Crippen LogP contribution in [-0.2, 0) is 4.79 Å². The van der Waals surface area contributed by atoms with E-state index in [1.807, 2.05) is 48.2 Å². The lowest BCUT2D eigenvalue weighted by Gasteiger charge is -2.36. The molecule has 0 bridgehead atoms. The second kappa shape index (κ2) is 10.5. The minimum Gasteiger partial charge on any atom is -0.368 e. The molecule has 1 aliphatic heterocycles. The Morgan fingerprint density at radius 2 is 1.70 bits per heavy atom. The molecule has 0 aromatic heterocycles. The summed E-state index contributed by atoms with van der Waals surface area (Å²) in [4.78, 5) is 28.6. The zero-order chi connectivity index (χ0) is 21.5. The van der Waals surface area contributed by atoms with E-state index < -0.39 is 0 Å². The molecule has 1 heterocycles. The second-order valence-electron chi connectivity index (χ2n) is 7.05. The molecule has 6 nitrogen and oxygen atoms in total. The normalized spacial score (nSPS) is 13.7. The number of halogens is 1. The Hall–Kier alpha value is -2.45. The Labute approximate surface area is 190 Å². The number of piperazine rings is 1. The number of hydrogen-bond acceptors (Lipinski definition) is 4. The number of anilines is 2. The van der Waals surface area contributed by atoms with Gasteiger partial charge < -0.3 is 15.1 Å². The average molecular weight is 489 g/mol. The van der Waals surface area contributed by atoms with Crippen LogP contribution in [-0.4, -0.2) is 48.0 Å². The van der Waals surface area contributed by atoms with Crippen LogP contribution in [0.5, 0.6) is 0 Å². The summed E-state index contributed by atoms with van der Waals surface area (Å²) in [5.41, 5.74) is 2.42. The number of nitrogens with one attached hydrogen (secondary N) is 2. The Morgan fingerprint density at radius 3 is 2.33 bits per heavy atom. The molecule has 1 aliphatic rings. The molecule has 0 aliphatic carbocycles. The predicted octanol–water partition coefficient (Wildman–Crippen LogP) is 4.02. The van der Waals surface area contributed by atoms with Gasteiger partial charge in [0.25, 0.3) is 5.91 Å². The number of rotatable bonds is 5. The lowest BCUT2D eigenvalue weighted by molar-refractivity contribution is -0.131. The zero-order valence-corrected chi connectivity index (χ0v) is 19.3. The summed E-state index contributed by atoms with van der Waals surface area (Å²) in [6.07, 6.45) is 1.51. The number of nitrogens with zero attached hydrogens (tertiary/aromatic N) is 2. The SMILES string of the molecule is CCCC(=O)N1CCN(c2ccc(NC(=S)NC(=O)c3ccccc3Br)cc2)CC1. The fourth-order valence-electron chi connectivity index (χ4n) is 3.32. The summed E-state index contributed by atoms with van der Waals surface area (Å²) in [5.74, 6) is -0.0260. The molecule has 2 N–H and O–H groups in total. The van der Waals surface area contributed by atoms with E-state index in [-0.39, 0.29) is 16.9 Å². The summed E-state index contributed by atoms with van der Waals surface area (Å²) < 4.78 is 0.714. The molecule has 2 aromatic rings. The first-order valence-corrected chi connectivity index (χ1v) is 11.2. The lowest BCUT2D eigenvalue weighted by atomic mass is 10.2. The second-order valence-corrected chi connectivity index (χ2v) is 8.32. The van der Waals surface area contributed by atoms with Crippen LogP contribution in [0.25, 0.3) is 0 Å². The standard InChI is InChI=1S/C22H25BrN4O2S/c1-2-5-20(28)27-14-12-26(13-15-27)17-10-8-16(9-11-17)24-22(30)25-21(29)18-6-3-4-7-19(18)23/h3-4,6-11H,2,5,12-15H2,1H3,(H2,24,25,29,30). The molecule has 2 amide bonds. The van der Waals surface area contributed by atoms with Crippen molar-refractivity contribution in [3.8, 4) is 0 Å². The molecule has 0 saturated carbocycles. The Balaban J connectivity index is 1.51. The lowest BCUT2D eigenvalue weighted by Crippen LogP contribution is -2.48. The largest absolute Gasteiger partial charge is 0.368 e. The predicted molar refractivity (Wildman–Crippen MR) is 128 cm³/mol. The molecule has 2 aromatic carbocycles. The van der Waals surface area contributed by atoms with Crippen LogP contribution >= 0.6 is 28.1 Å². The molecule has 30 heavy (non-hydrogen) atoms. The fraction of sp³-hybridized carbons (Fsp3) is 0.318. The van der Waals surface area contributed by atoms with Crippen molar-refractivity contribution in [2.75, 3.05) is 36.4 Å². The van der Waals surface area contributed by atoms with E-state index in [9.17, 15) is 9.59 Å². The van der Waals surface area contributed by atoms with E-state index in [4.69, 9.17) is 12.2 Å². The third-order valence-electron chi connectivity index (χ3n) is 4.93. The molecule has 0 radical (unpaired) electrons. The molecular formula is C22H25BrN4O2S. The minimum atomic E-state index is -0.271. The third kappa shape index (κ3) is 5.79. The summed E-state index contributed by atoms with van der Waals surface area (Å²) in [6, 6.07) is 15.1. The van der Waals surface area contributed by atoms with E-state index in [1.54, 1.807) is 12.1 Å². The molecule has 0 unspecified atom stereocenters. The fourth-order valence-corrected chi connectivity index (χ4v) is 4.00. The van der Waals surface area contributed by atoms with E-state index in [1.165, 1.54) is 0 Å². The van der Waals surface area contributed by atoms with Crippen molar-refractivity contribution in [1.82, 2.24) is 10.2 Å². The highest BCUT2D eigenvalue weighted by Gasteiger charge is 2.20. The van der Waals surface area contributed by atoms with Gasteiger partial charge >= 0.3 is 0 Å². The van der Waals surface area contributed by atoms with Crippen LogP contribution in [0.2, 0.25) is 0 Å². The van der Waals surface area contributed by atoms with Crippen molar-refractivity contribution in [3.63, 3.8) is 0 Å². The molecule has 3 rings (SSSR count). The Bertz CT molecular complexity index is 912. The van der Waals surface area contributed by atoms with Crippen molar-refractivity contribution in [1.29, 1.82) is 0 Å². The van der Waals surface area contributed by atoms with Gasteiger partial charge in [-0.1, -0.05) is 19.1 Å². The maximum Gasteiger partial charge on any atom is 0.258 e. The topological polar surface area (TPSA) is 64.7 Å². The molecule has 1 fully saturated rings. The van der Waals surface area contributed by atoms with Crippen molar-refractivity contribution in [3.05, 3.63) is 58.6 Å². The average Bonchev–Trinajstić information content (AvgIpc) is 2.75. The van der Waals surface area contributed by atoms with E-state index in [2.05, 4.69) is 31.5 Å². The third-order valence-corrected chi connectivity index (χ3v) is 5.83. The van der Waals surface area contributed by atoms with Gasteiger partial charge in [-0.25, -0.2) is 0 Å². The Morgan fingerprint density at radius 1 is 1.03 bits per heavy atom. The number of thiocarbonyl (C=S) groups is 1. The van der Waals surface area contributed by atoms with Crippen LogP contribution in [0.1, 0.15) is 30.1 Å². The van der Waals surface area contributed by atoms with Crippen molar-refractivity contribution >= 4 is 56.4 Å². The summed E-state index contributed by atoms with van der Waals surface area (Å²) >= 11 is 8.63. The zero-order valence-electron chi connectivity index (χ0n) is 16.9. The number of carbonyl (C=O) groups excluding carboxylic acids is 2. The van der Waals surface area contributed by atoms with Gasteiger partial charge in [-0.2, -0.15) is 0 Å². The van der Waals surface area contributed by atoms with Gasteiger partial charge in [-0.15, -0.1) is 0 Å². The first kappa shape index (κ1) is 22.2. The van der Waals surface area contributed by atoms with Crippen LogP contribution in [0.4, 0.5) is 11.4 Å². The van der Waals surface area contributed by atoms with E-state index in [0.29, 0.717) is 16.5 Å². The van der Waals surface area contributed by atoms with Gasteiger partial charge in [0.05, 0.1) is 5.56 Å². The van der Waals surface area contributed by atoms with E-state index in [0.717, 1.165) is 44.0 Å². The summed E-state index contributed by atoms with van der Waals surface area (Å²) in [5, 5.41) is 5.98. The number of carbonyl (C=O) groups is 2. The summed E-state index contributed by atoms with van der Waals surface area (Å²) in [7, 11) is 0. The number of hydrogen-bond donors (Lipinski definition) is 2. The highest BCUT2D eigenvalue weighted by molar-refractivity contribution is 9.10. The van der Waals surface area contributed by atoms with Gasteiger partial charge in [0.2, 0.25) is 5.91 Å². The number of amides is 2. The molecule has 0 atom stereocenters. The van der Waals surface area contributed by atoms with Crippen LogP contribution < -0.4 is 15.5 Å². The van der Waals surface area contributed by atoms with Crippen LogP contribution in [0.3, 0.4) is 0 Å². The maximum atomic E-state index is 12.3. The number of benzene rings is 2. The minimum absolute atomic E-state index is 0.242. The molecule has 0 spiro atoms. The van der Waals surface area contributed by atoms with Crippen molar-refractivity contribution in [2.24, 2.45) is 0 Å². The first-order chi connectivity index (χ1) is 14.5. The van der Waals surface area contributed by atoms with Crippen molar-refractivity contribution < 1.29 is 9.59 Å². The van der Waals surface area contributed by atoms with Gasteiger partial charge in [-0.05, 0) is 71.0 Å². The highest BCUT2D eigenvalue weighted by atomic mass is 79.9. The Kier molecular flexibility index (Phi) is 7.81. The van der Waals surface area contributed by atoms with E-state index >= 15 is 0 Å². The quantitative estimate of drug-likeness (QED) is 0.622. The highest BCUT2D eigenvalue weighted by Crippen LogP contribution is 2.20. The van der Waals surface area contributed by atoms with Gasteiger partial charge in [-0.3, -0.25) is 14.9 Å². The van der Waals surface area contributed by atoms with Gasteiger partial charge in [0.15, 0.2) is 5.11 Å². The molecular weight excluding hydrogens is 464 g/mol. The maximum absolute atomic E-state index is 12.3. The molecule has 8 heteroatoms. The van der Waals surface area contributed by atoms with Gasteiger partial charge in [0.1, 0.15) is 0 Å². The monoisotopic (exact) mass is 488 g/mol. The van der Waals surface area contributed by atoms with Gasteiger partial charge in [0, 0.05) is 48.4 Å². The first-order valence-electron chi connectivity index (χ1n) is 9.97. The molecule has 1 saturated heterocycles. The molecule has 158 valence electrons. The van der Waals surface area contributed by atoms with Crippen LogP contribution in [0, 0.1) is 0 Å². The van der Waals surface area contributed by atoms with Crippen LogP contribution in [0.15, 0.2) is 53.0 Å². The summed E-state index contributed by atoms with van der Waals surface area (Å²) in [6.45, 7) is 5.18. The van der Waals surface area contributed by atoms with Crippen molar-refractivity contribution in [2.45, 2.75) is 19.8 Å².